The normalized spacial score (nSPS) is 17.1. The smallest absolute Gasteiger partial charge is 0.286 e. The summed E-state index contributed by atoms with van der Waals surface area (Å²) < 4.78 is 0. The number of H-pyrrole nitrogens is 1. The molecule has 3 rings (SSSR count). The maximum Gasteiger partial charge on any atom is 0.286 e. The van der Waals surface area contributed by atoms with Crippen molar-refractivity contribution in [2.45, 2.75) is 26.2 Å². The quantitative estimate of drug-likeness (QED) is 0.745. The van der Waals surface area contributed by atoms with Crippen LogP contribution in [0.5, 0.6) is 0 Å². The van der Waals surface area contributed by atoms with Gasteiger partial charge in [0, 0.05) is 16.5 Å². The van der Waals surface area contributed by atoms with Gasteiger partial charge in [-0.1, -0.05) is 6.92 Å². The first-order chi connectivity index (χ1) is 10.1. The molecule has 1 aliphatic carbocycles. The number of aromatic nitrogens is 1. The van der Waals surface area contributed by atoms with E-state index >= 15 is 0 Å². The summed E-state index contributed by atoms with van der Waals surface area (Å²) >= 11 is 1.64. The highest BCUT2D eigenvalue weighted by molar-refractivity contribution is 7.10. The maximum absolute atomic E-state index is 12.2. The molecule has 1 unspecified atom stereocenters. The average molecular weight is 303 g/mol. The van der Waals surface area contributed by atoms with Gasteiger partial charge in [-0.15, -0.1) is 11.3 Å². The highest BCUT2D eigenvalue weighted by Gasteiger charge is 2.23. The lowest BCUT2D eigenvalue weighted by Gasteiger charge is -2.18. The van der Waals surface area contributed by atoms with Crippen LogP contribution in [0.1, 0.15) is 44.6 Å². The van der Waals surface area contributed by atoms with Crippen molar-refractivity contribution >= 4 is 23.2 Å². The number of nitrogens with one attached hydrogen (secondary N) is 3. The van der Waals surface area contributed by atoms with Crippen LogP contribution in [-0.4, -0.2) is 16.8 Å². The summed E-state index contributed by atoms with van der Waals surface area (Å²) in [4.78, 5) is 28.1. The Bertz CT molecular complexity index is 661. The Morgan fingerprint density at radius 3 is 2.90 bits per heavy atom. The number of carbonyl (C=O) groups is 2. The molecule has 1 aliphatic rings. The van der Waals surface area contributed by atoms with E-state index in [2.05, 4.69) is 22.8 Å². The van der Waals surface area contributed by atoms with Crippen LogP contribution >= 0.6 is 11.3 Å². The van der Waals surface area contributed by atoms with E-state index in [-0.39, 0.29) is 11.8 Å². The van der Waals surface area contributed by atoms with Crippen LogP contribution in [0.4, 0.5) is 0 Å². The van der Waals surface area contributed by atoms with Crippen LogP contribution in [0.2, 0.25) is 0 Å². The summed E-state index contributed by atoms with van der Waals surface area (Å²) in [6, 6.07) is 3.38. The number of fused-ring (bicyclic) bond motifs is 1. The minimum Gasteiger partial charge on any atom is -0.357 e. The molecule has 0 aliphatic heterocycles. The molecule has 0 spiro atoms. The van der Waals surface area contributed by atoms with Crippen molar-refractivity contribution in [3.05, 3.63) is 45.4 Å². The van der Waals surface area contributed by atoms with E-state index in [4.69, 9.17) is 0 Å². The molecule has 0 saturated heterocycles. The van der Waals surface area contributed by atoms with Crippen molar-refractivity contribution in [1.82, 2.24) is 15.8 Å². The highest BCUT2D eigenvalue weighted by atomic mass is 32.1. The molecule has 3 N–H and O–H groups in total. The Hall–Kier alpha value is -2.08. The number of hydrogen-bond acceptors (Lipinski definition) is 3. The van der Waals surface area contributed by atoms with Gasteiger partial charge < -0.3 is 4.98 Å². The first-order valence-electron chi connectivity index (χ1n) is 6.98. The topological polar surface area (TPSA) is 74.0 Å². The lowest BCUT2D eigenvalue weighted by molar-refractivity contribution is 0.0844. The molecule has 1 atom stereocenters. The zero-order valence-corrected chi connectivity index (χ0v) is 12.5. The second-order valence-electron chi connectivity index (χ2n) is 5.39. The van der Waals surface area contributed by atoms with E-state index in [0.717, 1.165) is 24.8 Å². The van der Waals surface area contributed by atoms with Crippen molar-refractivity contribution in [1.29, 1.82) is 0 Å². The third-order valence-corrected chi connectivity index (χ3v) is 4.83. The predicted octanol–water partition coefficient (Wildman–Crippen LogP) is 2.28. The number of thiophene rings is 1. The van der Waals surface area contributed by atoms with Crippen molar-refractivity contribution < 1.29 is 9.59 Å². The molecule has 0 aromatic carbocycles. The van der Waals surface area contributed by atoms with Gasteiger partial charge in [-0.25, -0.2) is 0 Å². The summed E-state index contributed by atoms with van der Waals surface area (Å²) in [5.41, 5.74) is 7.15. The van der Waals surface area contributed by atoms with Crippen LogP contribution < -0.4 is 10.9 Å². The molecule has 0 radical (unpaired) electrons. The number of aromatic amines is 1. The van der Waals surface area contributed by atoms with Crippen molar-refractivity contribution in [3.63, 3.8) is 0 Å². The summed E-state index contributed by atoms with van der Waals surface area (Å²) in [7, 11) is 0. The standard InChI is InChI=1S/C15H17N3O2S/c1-9-4-5-10-11(8-21-13(10)7-9)14(19)17-18-15(20)12-3-2-6-16-12/h2-3,6,8-9,16H,4-5,7H2,1H3,(H,17,19)(H,18,20). The minimum absolute atomic E-state index is 0.248. The second-order valence-corrected chi connectivity index (χ2v) is 6.36. The lowest BCUT2D eigenvalue weighted by Crippen LogP contribution is -2.42. The maximum atomic E-state index is 12.2. The van der Waals surface area contributed by atoms with Crippen molar-refractivity contribution in [2.24, 2.45) is 5.92 Å². The van der Waals surface area contributed by atoms with Gasteiger partial charge in [-0.3, -0.25) is 20.4 Å². The van der Waals surface area contributed by atoms with Gasteiger partial charge in [0.2, 0.25) is 0 Å². The van der Waals surface area contributed by atoms with Crippen LogP contribution in [0.25, 0.3) is 0 Å². The molecule has 21 heavy (non-hydrogen) atoms. The molecular weight excluding hydrogens is 286 g/mol. The SMILES string of the molecule is CC1CCc2c(C(=O)NNC(=O)c3ccc[nH]3)csc2C1. The van der Waals surface area contributed by atoms with E-state index in [1.165, 1.54) is 4.88 Å². The van der Waals surface area contributed by atoms with Crippen LogP contribution in [0.3, 0.4) is 0 Å². The fraction of sp³-hybridized carbons (Fsp3) is 0.333. The van der Waals surface area contributed by atoms with Crippen molar-refractivity contribution in [2.75, 3.05) is 0 Å². The van der Waals surface area contributed by atoms with Gasteiger partial charge in [-0.05, 0) is 42.9 Å². The summed E-state index contributed by atoms with van der Waals surface area (Å²) in [5.74, 6) is 0.0765. The molecule has 6 heteroatoms. The van der Waals surface area contributed by atoms with Gasteiger partial charge >= 0.3 is 0 Å². The van der Waals surface area contributed by atoms with E-state index < -0.39 is 0 Å². The van der Waals surface area contributed by atoms with Crippen LogP contribution in [0, 0.1) is 5.92 Å². The molecule has 2 heterocycles. The molecule has 0 fully saturated rings. The third kappa shape index (κ3) is 2.85. The monoisotopic (exact) mass is 303 g/mol. The summed E-state index contributed by atoms with van der Waals surface area (Å²) in [6.07, 6.45) is 4.75. The first kappa shape index (κ1) is 13.9. The van der Waals surface area contributed by atoms with Crippen molar-refractivity contribution in [3.8, 4) is 0 Å². The molecule has 0 bridgehead atoms. The highest BCUT2D eigenvalue weighted by Crippen LogP contribution is 2.32. The average Bonchev–Trinajstić information content (AvgIpc) is 3.13. The molecule has 2 aromatic heterocycles. The number of carbonyl (C=O) groups excluding carboxylic acids is 2. The predicted molar refractivity (Wildman–Crippen MR) is 81.2 cm³/mol. The van der Waals surface area contributed by atoms with E-state index in [1.54, 1.807) is 29.7 Å². The summed E-state index contributed by atoms with van der Waals surface area (Å²) in [5, 5.41) is 1.89. The minimum atomic E-state index is -0.355. The van der Waals surface area contributed by atoms with E-state index in [0.29, 0.717) is 17.2 Å². The second kappa shape index (κ2) is 5.73. The van der Waals surface area contributed by atoms with Gasteiger partial charge in [0.25, 0.3) is 11.8 Å². The van der Waals surface area contributed by atoms with Gasteiger partial charge in [0.05, 0.1) is 5.56 Å². The molecule has 2 amide bonds. The molecule has 110 valence electrons. The zero-order valence-electron chi connectivity index (χ0n) is 11.7. The van der Waals surface area contributed by atoms with Gasteiger partial charge in [0.15, 0.2) is 0 Å². The Kier molecular flexibility index (Phi) is 3.79. The van der Waals surface area contributed by atoms with Crippen LogP contribution in [-0.2, 0) is 12.8 Å². The van der Waals surface area contributed by atoms with E-state index in [9.17, 15) is 9.59 Å². The fourth-order valence-corrected chi connectivity index (χ4v) is 3.83. The molecular formula is C15H17N3O2S. The number of rotatable bonds is 2. The number of amides is 2. The van der Waals surface area contributed by atoms with Gasteiger partial charge in [-0.2, -0.15) is 0 Å². The number of hydrogen-bond donors (Lipinski definition) is 3. The Morgan fingerprint density at radius 2 is 2.14 bits per heavy atom. The molecule has 2 aromatic rings. The van der Waals surface area contributed by atoms with Gasteiger partial charge in [0.1, 0.15) is 5.69 Å². The largest absolute Gasteiger partial charge is 0.357 e. The zero-order chi connectivity index (χ0) is 14.8. The third-order valence-electron chi connectivity index (χ3n) is 3.78. The first-order valence-corrected chi connectivity index (χ1v) is 7.86. The molecule has 0 saturated carbocycles. The van der Waals surface area contributed by atoms with E-state index in [1.807, 2.05) is 5.38 Å². The number of hydrazine groups is 1. The fourth-order valence-electron chi connectivity index (χ4n) is 2.59. The Balaban J connectivity index is 1.65. The molecule has 5 nitrogen and oxygen atoms in total. The van der Waals surface area contributed by atoms with Crippen LogP contribution in [0.15, 0.2) is 23.7 Å². The Labute approximate surface area is 126 Å². The lowest BCUT2D eigenvalue weighted by atomic mass is 9.88. The Morgan fingerprint density at radius 1 is 1.33 bits per heavy atom. The summed E-state index contributed by atoms with van der Waals surface area (Å²) in [6.45, 7) is 2.24.